The van der Waals surface area contributed by atoms with Gasteiger partial charge in [-0.25, -0.2) is 9.18 Å². The highest BCUT2D eigenvalue weighted by Gasteiger charge is 2.39. The molecule has 3 aromatic rings. The van der Waals surface area contributed by atoms with Crippen molar-refractivity contribution in [2.75, 3.05) is 7.11 Å². The molecule has 180 valence electrons. The van der Waals surface area contributed by atoms with Gasteiger partial charge in [-0.05, 0) is 71.2 Å². The molecule has 1 aliphatic heterocycles. The summed E-state index contributed by atoms with van der Waals surface area (Å²) >= 11 is 0. The van der Waals surface area contributed by atoms with E-state index in [-0.39, 0.29) is 17.7 Å². The minimum absolute atomic E-state index is 0.0637. The molecule has 1 fully saturated rings. The number of halogens is 1. The summed E-state index contributed by atoms with van der Waals surface area (Å²) in [4.78, 5) is 24.5. The lowest BCUT2D eigenvalue weighted by Crippen LogP contribution is -2.24. The first-order chi connectivity index (χ1) is 16.9. The molecule has 0 spiro atoms. The van der Waals surface area contributed by atoms with E-state index in [9.17, 15) is 19.1 Å². The second kappa shape index (κ2) is 9.17. The van der Waals surface area contributed by atoms with Gasteiger partial charge in [-0.2, -0.15) is 0 Å². The fourth-order valence-corrected chi connectivity index (χ4v) is 5.12. The number of carbonyl (C=O) groups excluding carboxylic acids is 1. The van der Waals surface area contributed by atoms with Crippen molar-refractivity contribution in [3.63, 3.8) is 0 Å². The van der Waals surface area contributed by atoms with E-state index in [0.717, 1.165) is 29.5 Å². The highest BCUT2D eigenvalue weighted by Crippen LogP contribution is 2.47. The molecule has 3 aromatic carbocycles. The number of cyclic esters (lactones) is 1. The average Bonchev–Trinajstić information content (AvgIpc) is 3.69. The Balaban J connectivity index is 1.41. The predicted octanol–water partition coefficient (Wildman–Crippen LogP) is 6.17. The summed E-state index contributed by atoms with van der Waals surface area (Å²) in [5.41, 5.74) is 4.32. The molecule has 1 N–H and O–H groups in total. The molecular weight excluding hydrogens is 447 g/mol. The molecule has 35 heavy (non-hydrogen) atoms. The smallest absolute Gasteiger partial charge is 0.339 e. The van der Waals surface area contributed by atoms with Crippen LogP contribution in [0.15, 0.2) is 60.7 Å². The molecule has 5 nitrogen and oxygen atoms in total. The third-order valence-electron chi connectivity index (χ3n) is 7.21. The topological polar surface area (TPSA) is 72.8 Å². The predicted molar refractivity (Wildman–Crippen MR) is 129 cm³/mol. The largest absolute Gasteiger partial charge is 0.497 e. The fraction of sp³-hybridized carbons (Fsp3) is 0.310. The molecule has 0 bridgehead atoms. The zero-order chi connectivity index (χ0) is 24.7. The lowest BCUT2D eigenvalue weighted by atomic mass is 9.81. The Labute approximate surface area is 203 Å². The van der Waals surface area contributed by atoms with Gasteiger partial charge >= 0.3 is 11.9 Å². The van der Waals surface area contributed by atoms with Crippen molar-refractivity contribution in [3.8, 4) is 16.9 Å². The van der Waals surface area contributed by atoms with Crippen LogP contribution >= 0.6 is 0 Å². The van der Waals surface area contributed by atoms with Crippen molar-refractivity contribution < 1.29 is 28.6 Å². The zero-order valence-electron chi connectivity index (χ0n) is 19.7. The molecule has 1 heterocycles. The number of carboxylic acids is 1. The Morgan fingerprint density at radius 1 is 1.06 bits per heavy atom. The number of ether oxygens (including phenoxy) is 2. The Kier molecular flexibility index (Phi) is 6.05. The van der Waals surface area contributed by atoms with Crippen LogP contribution in [-0.4, -0.2) is 24.2 Å². The summed E-state index contributed by atoms with van der Waals surface area (Å²) in [5.74, 6) is -1.15. The van der Waals surface area contributed by atoms with E-state index in [1.54, 1.807) is 25.1 Å². The number of carbonyl (C=O) groups is 2. The normalized spacial score (nSPS) is 18.8. The van der Waals surface area contributed by atoms with Gasteiger partial charge in [-0.15, -0.1) is 0 Å². The Morgan fingerprint density at radius 3 is 2.46 bits per heavy atom. The molecular formula is C29H27FO5. The molecule has 0 radical (unpaired) electrons. The molecule has 0 aromatic heterocycles. The van der Waals surface area contributed by atoms with Gasteiger partial charge in [-0.1, -0.05) is 43.3 Å². The second-order valence-corrected chi connectivity index (χ2v) is 9.47. The van der Waals surface area contributed by atoms with Crippen molar-refractivity contribution in [1.29, 1.82) is 0 Å². The Hall–Kier alpha value is -3.67. The molecule has 1 unspecified atom stereocenters. The number of rotatable bonds is 7. The summed E-state index contributed by atoms with van der Waals surface area (Å²) in [7, 11) is 1.54. The van der Waals surface area contributed by atoms with Gasteiger partial charge in [0.1, 0.15) is 17.7 Å². The molecule has 1 aliphatic carbocycles. The van der Waals surface area contributed by atoms with Crippen molar-refractivity contribution >= 4 is 11.9 Å². The van der Waals surface area contributed by atoms with E-state index < -0.39 is 18.0 Å². The summed E-state index contributed by atoms with van der Waals surface area (Å²) in [6, 6.07) is 17.5. The van der Waals surface area contributed by atoms with Gasteiger partial charge in [0, 0.05) is 12.0 Å². The summed E-state index contributed by atoms with van der Waals surface area (Å²) in [6.07, 6.45) is 2.10. The van der Waals surface area contributed by atoms with Crippen LogP contribution in [0.1, 0.15) is 58.8 Å². The lowest BCUT2D eigenvalue weighted by molar-refractivity contribution is -0.142. The summed E-state index contributed by atoms with van der Waals surface area (Å²) in [6.45, 7) is 1.76. The molecule has 3 atom stereocenters. The van der Waals surface area contributed by atoms with Gasteiger partial charge in [0.05, 0.1) is 18.6 Å². The van der Waals surface area contributed by atoms with Crippen molar-refractivity contribution in [2.45, 2.75) is 38.2 Å². The van der Waals surface area contributed by atoms with E-state index in [0.29, 0.717) is 34.8 Å². The van der Waals surface area contributed by atoms with Crippen molar-refractivity contribution in [1.82, 2.24) is 0 Å². The number of esters is 1. The summed E-state index contributed by atoms with van der Waals surface area (Å²) < 4.78 is 25.3. The van der Waals surface area contributed by atoms with E-state index in [2.05, 4.69) is 0 Å². The number of hydrogen-bond donors (Lipinski definition) is 1. The highest BCUT2D eigenvalue weighted by atomic mass is 19.1. The van der Waals surface area contributed by atoms with E-state index >= 15 is 0 Å². The lowest BCUT2D eigenvalue weighted by Gasteiger charge is -2.27. The molecule has 2 aliphatic rings. The third kappa shape index (κ3) is 4.53. The molecule has 6 heteroatoms. The van der Waals surface area contributed by atoms with Crippen LogP contribution in [0.2, 0.25) is 0 Å². The van der Waals surface area contributed by atoms with Crippen LogP contribution in [-0.2, 0) is 16.0 Å². The highest BCUT2D eigenvalue weighted by molar-refractivity contribution is 5.92. The quantitative estimate of drug-likeness (QED) is 0.415. The SMILES string of the molecule is COc1ccc(F)c(-c2ccc([C@@H]3Cc4cc(C(C5CC5)[C@H](C)C(=O)O)ccc4C(=O)O3)cc2)c1. The number of aliphatic carboxylic acids is 1. The van der Waals surface area contributed by atoms with Crippen LogP contribution in [0.3, 0.4) is 0 Å². The number of methoxy groups -OCH3 is 1. The minimum atomic E-state index is -0.801. The van der Waals surface area contributed by atoms with Gasteiger partial charge in [0.2, 0.25) is 0 Å². The number of fused-ring (bicyclic) bond motifs is 1. The Bertz CT molecular complexity index is 1280. The first-order valence-electron chi connectivity index (χ1n) is 11.9. The number of hydrogen-bond acceptors (Lipinski definition) is 4. The standard InChI is InChI=1S/C29H27FO5/c1-16(28(31)32)27(19-7-8-19)20-9-11-23-21(13-20)14-26(35-29(23)33)18-5-3-17(4-6-18)24-15-22(34-2)10-12-25(24)30/h3-6,9-13,15-16,19,26-27H,7-8,14H2,1-2H3,(H,31,32)/t16-,26-,27?/m0/s1. The first kappa shape index (κ1) is 23.1. The van der Waals surface area contributed by atoms with Crippen LogP contribution in [0, 0.1) is 17.7 Å². The maximum Gasteiger partial charge on any atom is 0.339 e. The van der Waals surface area contributed by atoms with Crippen LogP contribution < -0.4 is 4.74 Å². The average molecular weight is 475 g/mol. The molecule has 0 amide bonds. The van der Waals surface area contributed by atoms with Gasteiger partial charge in [0.25, 0.3) is 0 Å². The maximum absolute atomic E-state index is 14.4. The van der Waals surface area contributed by atoms with E-state index in [4.69, 9.17) is 9.47 Å². The summed E-state index contributed by atoms with van der Waals surface area (Å²) in [5, 5.41) is 9.61. The van der Waals surface area contributed by atoms with Gasteiger partial charge in [-0.3, -0.25) is 4.79 Å². The zero-order valence-corrected chi connectivity index (χ0v) is 19.7. The van der Waals surface area contributed by atoms with Crippen LogP contribution in [0.4, 0.5) is 4.39 Å². The number of benzene rings is 3. The van der Waals surface area contributed by atoms with Gasteiger partial charge in [0.15, 0.2) is 0 Å². The Morgan fingerprint density at radius 2 is 1.80 bits per heavy atom. The van der Waals surface area contributed by atoms with E-state index in [1.807, 2.05) is 36.4 Å². The van der Waals surface area contributed by atoms with Crippen molar-refractivity contribution in [2.24, 2.45) is 11.8 Å². The molecule has 0 saturated heterocycles. The second-order valence-electron chi connectivity index (χ2n) is 9.47. The minimum Gasteiger partial charge on any atom is -0.497 e. The maximum atomic E-state index is 14.4. The van der Waals surface area contributed by atoms with Crippen molar-refractivity contribution in [3.05, 3.63) is 88.7 Å². The van der Waals surface area contributed by atoms with Gasteiger partial charge < -0.3 is 14.6 Å². The monoisotopic (exact) mass is 474 g/mol. The number of carboxylic acid groups (broad SMARTS) is 1. The van der Waals surface area contributed by atoms with E-state index in [1.165, 1.54) is 13.2 Å². The molecule has 5 rings (SSSR count). The third-order valence-corrected chi connectivity index (χ3v) is 7.21. The van der Waals surface area contributed by atoms with Crippen LogP contribution in [0.5, 0.6) is 5.75 Å². The first-order valence-corrected chi connectivity index (χ1v) is 11.9. The fourth-order valence-electron chi connectivity index (χ4n) is 5.12. The van der Waals surface area contributed by atoms with Crippen LogP contribution in [0.25, 0.3) is 11.1 Å². The molecule has 1 saturated carbocycles.